The quantitative estimate of drug-likeness (QED) is 0.339. The first-order valence-electron chi connectivity index (χ1n) is 10.1. The molecule has 0 aliphatic carbocycles. The van der Waals surface area contributed by atoms with Crippen molar-refractivity contribution in [3.63, 3.8) is 0 Å². The average Bonchev–Trinajstić information content (AvgIpc) is 3.09. The molecule has 1 amide bonds. The number of carbonyl (C=O) groups is 2. The summed E-state index contributed by atoms with van der Waals surface area (Å²) < 4.78 is 10.4. The van der Waals surface area contributed by atoms with E-state index in [1.165, 1.54) is 25.2 Å². The number of hydrogen-bond acceptors (Lipinski definition) is 7. The van der Waals surface area contributed by atoms with Crippen molar-refractivity contribution in [2.45, 2.75) is 12.6 Å². The van der Waals surface area contributed by atoms with Gasteiger partial charge in [-0.15, -0.1) is 0 Å². The maximum Gasteiger partial charge on any atom is 0.295 e. The number of aliphatic hydroxyl groups is 1. The van der Waals surface area contributed by atoms with Crippen molar-refractivity contribution in [3.05, 3.63) is 89.3 Å². The Hall–Kier alpha value is -4.33. The number of rotatable bonds is 6. The highest BCUT2D eigenvalue weighted by Crippen LogP contribution is 2.42. The zero-order valence-corrected chi connectivity index (χ0v) is 18.1. The second kappa shape index (κ2) is 9.04. The van der Waals surface area contributed by atoms with Gasteiger partial charge in [-0.25, -0.2) is 0 Å². The fourth-order valence-electron chi connectivity index (χ4n) is 3.87. The van der Waals surface area contributed by atoms with Crippen molar-refractivity contribution in [3.8, 4) is 17.2 Å². The molecule has 0 saturated carbocycles. The smallest absolute Gasteiger partial charge is 0.295 e. The Morgan fingerprint density at radius 2 is 1.88 bits per heavy atom. The van der Waals surface area contributed by atoms with Gasteiger partial charge in [0.2, 0.25) is 0 Å². The molecule has 8 nitrogen and oxygen atoms in total. The summed E-state index contributed by atoms with van der Waals surface area (Å²) in [6.45, 7) is 0.0984. The summed E-state index contributed by atoms with van der Waals surface area (Å²) in [6.07, 6.45) is 3.22. The number of phenols is 1. The van der Waals surface area contributed by atoms with Crippen LogP contribution >= 0.6 is 0 Å². The Bertz CT molecular complexity index is 1240. The van der Waals surface area contributed by atoms with Crippen LogP contribution in [0.3, 0.4) is 0 Å². The van der Waals surface area contributed by atoms with E-state index in [1.807, 2.05) is 0 Å². The number of aromatic hydroxyl groups is 1. The van der Waals surface area contributed by atoms with E-state index < -0.39 is 17.7 Å². The molecule has 0 unspecified atom stereocenters. The minimum atomic E-state index is -0.911. The largest absolute Gasteiger partial charge is 0.507 e. The van der Waals surface area contributed by atoms with E-state index in [0.29, 0.717) is 16.9 Å². The van der Waals surface area contributed by atoms with Gasteiger partial charge in [0, 0.05) is 24.5 Å². The number of likely N-dealkylation sites (tertiary alicyclic amines) is 1. The molecule has 4 rings (SSSR count). The number of ether oxygens (including phenoxy) is 2. The van der Waals surface area contributed by atoms with Gasteiger partial charge < -0.3 is 24.6 Å². The van der Waals surface area contributed by atoms with Crippen LogP contribution in [-0.2, 0) is 16.1 Å². The van der Waals surface area contributed by atoms with Crippen LogP contribution in [0.2, 0.25) is 0 Å². The molecule has 33 heavy (non-hydrogen) atoms. The third kappa shape index (κ3) is 4.10. The number of benzene rings is 2. The van der Waals surface area contributed by atoms with Gasteiger partial charge in [-0.2, -0.15) is 0 Å². The Balaban J connectivity index is 1.90. The summed E-state index contributed by atoms with van der Waals surface area (Å²) in [5.74, 6) is -1.29. The van der Waals surface area contributed by atoms with Crippen molar-refractivity contribution in [2.24, 2.45) is 0 Å². The van der Waals surface area contributed by atoms with Crippen molar-refractivity contribution >= 4 is 17.4 Å². The molecule has 2 heterocycles. The molecular formula is C25H22N2O6. The predicted molar refractivity (Wildman–Crippen MR) is 120 cm³/mol. The highest BCUT2D eigenvalue weighted by atomic mass is 16.5. The van der Waals surface area contributed by atoms with Gasteiger partial charge in [0.1, 0.15) is 11.5 Å². The zero-order chi connectivity index (χ0) is 23.5. The molecule has 3 aromatic rings. The lowest BCUT2D eigenvalue weighted by molar-refractivity contribution is -0.140. The van der Waals surface area contributed by atoms with E-state index in [9.17, 15) is 19.8 Å². The molecule has 1 aliphatic heterocycles. The second-order valence-corrected chi connectivity index (χ2v) is 7.45. The summed E-state index contributed by atoms with van der Waals surface area (Å²) >= 11 is 0. The molecular weight excluding hydrogens is 424 g/mol. The highest BCUT2D eigenvalue weighted by Gasteiger charge is 2.46. The lowest BCUT2D eigenvalue weighted by atomic mass is 9.94. The van der Waals surface area contributed by atoms with Crippen molar-refractivity contribution in [1.29, 1.82) is 0 Å². The standard InChI is InChI=1S/C25H22N2O6/c1-32-18-7-3-6-17(11-18)23(29)21-22(16-8-9-19(28)20(12-16)33-2)27(25(31)24(21)30)14-15-5-4-10-26-13-15/h3-13,22,28-29H,14H2,1-2H3/t22-/m1/s1. The molecule has 8 heteroatoms. The number of aliphatic hydroxyl groups excluding tert-OH is 1. The molecule has 1 aromatic heterocycles. The third-order valence-corrected chi connectivity index (χ3v) is 5.48. The van der Waals surface area contributed by atoms with Gasteiger partial charge in [0.05, 0.1) is 25.8 Å². The van der Waals surface area contributed by atoms with Crippen LogP contribution in [0.1, 0.15) is 22.7 Å². The van der Waals surface area contributed by atoms with E-state index in [1.54, 1.807) is 60.9 Å². The number of aromatic nitrogens is 1. The van der Waals surface area contributed by atoms with E-state index in [0.717, 1.165) is 5.56 Å². The number of carbonyl (C=O) groups excluding carboxylic acids is 2. The minimum Gasteiger partial charge on any atom is -0.507 e. The van der Waals surface area contributed by atoms with Crippen LogP contribution in [0.15, 0.2) is 72.6 Å². The summed E-state index contributed by atoms with van der Waals surface area (Å²) in [5, 5.41) is 21.2. The number of amides is 1. The van der Waals surface area contributed by atoms with Crippen LogP contribution in [0.4, 0.5) is 0 Å². The molecule has 0 bridgehead atoms. The monoisotopic (exact) mass is 446 g/mol. The first kappa shape index (κ1) is 21.9. The number of Topliss-reactive ketones (excluding diaryl/α,β-unsaturated/α-hetero) is 1. The number of nitrogens with zero attached hydrogens (tertiary/aromatic N) is 2. The van der Waals surface area contributed by atoms with E-state index in [4.69, 9.17) is 9.47 Å². The SMILES string of the molecule is COc1cccc(C(O)=C2C(=O)C(=O)N(Cc3cccnc3)[C@@H]2c2ccc(O)c(OC)c2)c1. The summed E-state index contributed by atoms with van der Waals surface area (Å²) in [7, 11) is 2.90. The van der Waals surface area contributed by atoms with Crippen molar-refractivity contribution in [1.82, 2.24) is 9.88 Å². The Labute approximate surface area is 190 Å². The minimum absolute atomic E-state index is 0.0649. The Kier molecular flexibility index (Phi) is 5.99. The molecule has 1 atom stereocenters. The Morgan fingerprint density at radius 1 is 1.06 bits per heavy atom. The summed E-state index contributed by atoms with van der Waals surface area (Å²) in [6, 6.07) is 13.8. The van der Waals surface area contributed by atoms with Crippen molar-refractivity contribution in [2.75, 3.05) is 14.2 Å². The van der Waals surface area contributed by atoms with E-state index in [2.05, 4.69) is 4.98 Å². The highest BCUT2D eigenvalue weighted by molar-refractivity contribution is 6.46. The molecule has 0 spiro atoms. The van der Waals surface area contributed by atoms with Crippen LogP contribution in [0, 0.1) is 0 Å². The maximum absolute atomic E-state index is 13.1. The van der Waals surface area contributed by atoms with E-state index in [-0.39, 0.29) is 29.4 Å². The number of methoxy groups -OCH3 is 2. The Morgan fingerprint density at radius 3 is 2.58 bits per heavy atom. The van der Waals surface area contributed by atoms with Crippen LogP contribution in [0.25, 0.3) is 5.76 Å². The molecule has 1 saturated heterocycles. The summed E-state index contributed by atoms with van der Waals surface area (Å²) in [5.41, 5.74) is 1.49. The van der Waals surface area contributed by atoms with Gasteiger partial charge >= 0.3 is 0 Å². The topological polar surface area (TPSA) is 109 Å². The van der Waals surface area contributed by atoms with Gasteiger partial charge in [-0.05, 0) is 41.5 Å². The van der Waals surface area contributed by atoms with Crippen LogP contribution < -0.4 is 9.47 Å². The molecule has 2 N–H and O–H groups in total. The molecule has 1 fully saturated rings. The zero-order valence-electron chi connectivity index (χ0n) is 18.1. The predicted octanol–water partition coefficient (Wildman–Crippen LogP) is 3.43. The van der Waals surface area contributed by atoms with Gasteiger partial charge in [-0.3, -0.25) is 14.6 Å². The lowest BCUT2D eigenvalue weighted by Crippen LogP contribution is -2.29. The molecule has 168 valence electrons. The fourth-order valence-corrected chi connectivity index (χ4v) is 3.87. The average molecular weight is 446 g/mol. The van der Waals surface area contributed by atoms with E-state index >= 15 is 0 Å². The second-order valence-electron chi connectivity index (χ2n) is 7.45. The summed E-state index contributed by atoms with van der Waals surface area (Å²) in [4.78, 5) is 31.7. The number of ketones is 1. The third-order valence-electron chi connectivity index (χ3n) is 5.48. The first-order valence-corrected chi connectivity index (χ1v) is 10.1. The molecule has 1 aliphatic rings. The first-order chi connectivity index (χ1) is 15.9. The van der Waals surface area contributed by atoms with Gasteiger partial charge in [0.25, 0.3) is 11.7 Å². The van der Waals surface area contributed by atoms with Gasteiger partial charge in [0.15, 0.2) is 11.5 Å². The molecule has 2 aromatic carbocycles. The maximum atomic E-state index is 13.1. The number of pyridine rings is 1. The van der Waals surface area contributed by atoms with Crippen LogP contribution in [-0.4, -0.2) is 46.0 Å². The fraction of sp³-hybridized carbons (Fsp3) is 0.160. The molecule has 0 radical (unpaired) electrons. The van der Waals surface area contributed by atoms with Crippen molar-refractivity contribution < 1.29 is 29.3 Å². The van der Waals surface area contributed by atoms with Crippen LogP contribution in [0.5, 0.6) is 17.2 Å². The number of phenolic OH excluding ortho intramolecular Hbond substituents is 1. The number of hydrogen-bond donors (Lipinski definition) is 2. The van der Waals surface area contributed by atoms with Gasteiger partial charge in [-0.1, -0.05) is 24.3 Å². The normalized spacial score (nSPS) is 17.3. The lowest BCUT2D eigenvalue weighted by Gasteiger charge is -2.25.